The molecule has 2 unspecified atom stereocenters. The van der Waals surface area contributed by atoms with Gasteiger partial charge in [-0.05, 0) is 25.0 Å². The molecular weight excluding hydrogens is 235 g/mol. The molecule has 0 saturated heterocycles. The van der Waals surface area contributed by atoms with E-state index in [1.54, 1.807) is 7.05 Å². The topological polar surface area (TPSA) is 53.4 Å². The second-order valence-electron chi connectivity index (χ2n) is 4.68. The second-order valence-corrected chi connectivity index (χ2v) is 4.68. The van der Waals surface area contributed by atoms with Gasteiger partial charge >= 0.3 is 0 Å². The zero-order valence-corrected chi connectivity index (χ0v) is 10.3. The van der Waals surface area contributed by atoms with Crippen molar-refractivity contribution in [2.45, 2.75) is 37.8 Å². The number of nitrogens with zero attached hydrogens (tertiary/aromatic N) is 2. The molecule has 2 atom stereocenters. The minimum absolute atomic E-state index is 0.0437. The van der Waals surface area contributed by atoms with Crippen molar-refractivity contribution in [3.05, 3.63) is 29.8 Å². The molecule has 0 aromatic carbocycles. The molecule has 1 aliphatic carbocycles. The Morgan fingerprint density at radius 2 is 2.22 bits per heavy atom. The van der Waals surface area contributed by atoms with Crippen LogP contribution in [-0.4, -0.2) is 40.1 Å². The van der Waals surface area contributed by atoms with Crippen LogP contribution in [0.2, 0.25) is 0 Å². The number of hydrogen-bond acceptors (Lipinski definition) is 3. The SMILES string of the molecule is CN(C(=O)c1cccnc1F)C1CCCCC1O. The fraction of sp³-hybridized carbons (Fsp3) is 0.538. The molecule has 98 valence electrons. The van der Waals surface area contributed by atoms with Gasteiger partial charge in [-0.2, -0.15) is 4.39 Å². The number of amides is 1. The molecule has 18 heavy (non-hydrogen) atoms. The lowest BCUT2D eigenvalue weighted by molar-refractivity contribution is 0.0264. The third kappa shape index (κ3) is 2.51. The molecule has 5 heteroatoms. The lowest BCUT2D eigenvalue weighted by Gasteiger charge is -2.35. The van der Waals surface area contributed by atoms with Gasteiger partial charge in [-0.15, -0.1) is 0 Å². The number of rotatable bonds is 2. The van der Waals surface area contributed by atoms with E-state index in [0.29, 0.717) is 6.42 Å². The highest BCUT2D eigenvalue weighted by Gasteiger charge is 2.30. The number of hydrogen-bond donors (Lipinski definition) is 1. The normalized spacial score (nSPS) is 23.7. The Morgan fingerprint density at radius 3 is 2.89 bits per heavy atom. The summed E-state index contributed by atoms with van der Waals surface area (Å²) < 4.78 is 13.4. The van der Waals surface area contributed by atoms with Crippen LogP contribution in [0.1, 0.15) is 36.0 Å². The van der Waals surface area contributed by atoms with Crippen LogP contribution in [0.5, 0.6) is 0 Å². The Balaban J connectivity index is 2.16. The lowest BCUT2D eigenvalue weighted by atomic mass is 9.91. The summed E-state index contributed by atoms with van der Waals surface area (Å²) in [5.74, 6) is -1.19. The Kier molecular flexibility index (Phi) is 3.91. The molecule has 2 rings (SSSR count). The van der Waals surface area contributed by atoms with Crippen molar-refractivity contribution < 1.29 is 14.3 Å². The molecule has 1 heterocycles. The van der Waals surface area contributed by atoms with Gasteiger partial charge in [-0.25, -0.2) is 4.98 Å². The van der Waals surface area contributed by atoms with Gasteiger partial charge in [-0.3, -0.25) is 4.79 Å². The maximum atomic E-state index is 13.4. The molecule has 1 fully saturated rings. The van der Waals surface area contributed by atoms with Crippen LogP contribution < -0.4 is 0 Å². The Hall–Kier alpha value is -1.49. The van der Waals surface area contributed by atoms with Crippen molar-refractivity contribution in [2.75, 3.05) is 7.05 Å². The number of aliphatic hydroxyl groups is 1. The molecule has 0 bridgehead atoms. The predicted octanol–water partition coefficient (Wildman–Crippen LogP) is 1.60. The molecular formula is C13H17FN2O2. The third-order valence-corrected chi connectivity index (χ3v) is 3.50. The summed E-state index contributed by atoms with van der Waals surface area (Å²) in [6.07, 6.45) is 4.19. The number of halogens is 1. The Bertz CT molecular complexity index is 439. The maximum Gasteiger partial charge on any atom is 0.258 e. The summed E-state index contributed by atoms with van der Waals surface area (Å²) in [5.41, 5.74) is -0.0437. The van der Waals surface area contributed by atoms with E-state index in [0.717, 1.165) is 19.3 Å². The standard InChI is InChI=1S/C13H17FN2O2/c1-16(10-6-2-3-7-11(10)17)13(18)9-5-4-8-15-12(9)14/h4-5,8,10-11,17H,2-3,6-7H2,1H3. The predicted molar refractivity (Wildman–Crippen MR) is 64.6 cm³/mol. The molecule has 1 aromatic heterocycles. The van der Waals surface area contributed by atoms with Crippen LogP contribution >= 0.6 is 0 Å². The largest absolute Gasteiger partial charge is 0.391 e. The summed E-state index contributed by atoms with van der Waals surface area (Å²) in [7, 11) is 1.61. The van der Waals surface area contributed by atoms with Gasteiger partial charge in [-0.1, -0.05) is 12.8 Å². The zero-order chi connectivity index (χ0) is 13.1. The van der Waals surface area contributed by atoms with Crippen molar-refractivity contribution in [1.29, 1.82) is 0 Å². The highest BCUT2D eigenvalue weighted by atomic mass is 19.1. The van der Waals surface area contributed by atoms with E-state index in [4.69, 9.17) is 0 Å². The quantitative estimate of drug-likeness (QED) is 0.813. The minimum atomic E-state index is -0.764. The Labute approximate surface area is 105 Å². The van der Waals surface area contributed by atoms with E-state index in [2.05, 4.69) is 4.98 Å². The fourth-order valence-corrected chi connectivity index (χ4v) is 2.43. The average molecular weight is 252 g/mol. The van der Waals surface area contributed by atoms with Gasteiger partial charge in [0, 0.05) is 13.2 Å². The van der Waals surface area contributed by atoms with E-state index < -0.39 is 18.0 Å². The van der Waals surface area contributed by atoms with Crippen molar-refractivity contribution in [2.24, 2.45) is 0 Å². The smallest absolute Gasteiger partial charge is 0.258 e. The van der Waals surface area contributed by atoms with E-state index in [-0.39, 0.29) is 11.6 Å². The average Bonchev–Trinajstić information content (AvgIpc) is 2.38. The van der Waals surface area contributed by atoms with Crippen LogP contribution in [0.15, 0.2) is 18.3 Å². The first-order valence-electron chi connectivity index (χ1n) is 6.17. The Morgan fingerprint density at radius 1 is 1.50 bits per heavy atom. The van der Waals surface area contributed by atoms with Gasteiger partial charge in [0.05, 0.1) is 17.7 Å². The molecule has 0 radical (unpaired) electrons. The molecule has 4 nitrogen and oxygen atoms in total. The summed E-state index contributed by atoms with van der Waals surface area (Å²) in [6, 6.07) is 2.71. The van der Waals surface area contributed by atoms with Crippen LogP contribution in [0.25, 0.3) is 0 Å². The summed E-state index contributed by atoms with van der Waals surface area (Å²) in [5, 5.41) is 9.90. The monoisotopic (exact) mass is 252 g/mol. The molecule has 1 saturated carbocycles. The van der Waals surface area contributed by atoms with Crippen molar-refractivity contribution >= 4 is 5.91 Å². The first kappa shape index (κ1) is 13.0. The maximum absolute atomic E-state index is 13.4. The number of carbonyl (C=O) groups is 1. The highest BCUT2D eigenvalue weighted by Crippen LogP contribution is 2.23. The summed E-state index contributed by atoms with van der Waals surface area (Å²) in [4.78, 5) is 17.0. The van der Waals surface area contributed by atoms with Gasteiger partial charge < -0.3 is 10.0 Å². The highest BCUT2D eigenvalue weighted by molar-refractivity contribution is 5.94. The fourth-order valence-electron chi connectivity index (χ4n) is 2.43. The van der Waals surface area contributed by atoms with Gasteiger partial charge in [0.25, 0.3) is 5.91 Å². The van der Waals surface area contributed by atoms with Crippen molar-refractivity contribution in [1.82, 2.24) is 9.88 Å². The van der Waals surface area contributed by atoms with Gasteiger partial charge in [0.2, 0.25) is 5.95 Å². The molecule has 1 aliphatic rings. The molecule has 0 spiro atoms. The van der Waals surface area contributed by atoms with E-state index in [1.807, 2.05) is 0 Å². The van der Waals surface area contributed by atoms with Crippen LogP contribution in [0.3, 0.4) is 0 Å². The zero-order valence-electron chi connectivity index (χ0n) is 10.3. The summed E-state index contributed by atoms with van der Waals surface area (Å²) >= 11 is 0. The third-order valence-electron chi connectivity index (χ3n) is 3.50. The first-order valence-corrected chi connectivity index (χ1v) is 6.17. The van der Waals surface area contributed by atoms with Gasteiger partial charge in [0.1, 0.15) is 0 Å². The lowest BCUT2D eigenvalue weighted by Crippen LogP contribution is -2.46. The van der Waals surface area contributed by atoms with Crippen molar-refractivity contribution in [3.63, 3.8) is 0 Å². The second kappa shape index (κ2) is 5.44. The number of likely N-dealkylation sites (N-methyl/N-ethyl adjacent to an activating group) is 1. The van der Waals surface area contributed by atoms with E-state index in [1.165, 1.54) is 23.2 Å². The number of aliphatic hydroxyl groups excluding tert-OH is 1. The molecule has 1 amide bonds. The van der Waals surface area contributed by atoms with Crippen molar-refractivity contribution in [3.8, 4) is 0 Å². The van der Waals surface area contributed by atoms with Crippen LogP contribution in [0.4, 0.5) is 4.39 Å². The molecule has 1 aromatic rings. The van der Waals surface area contributed by atoms with E-state index >= 15 is 0 Å². The minimum Gasteiger partial charge on any atom is -0.391 e. The molecule has 1 N–H and O–H groups in total. The summed E-state index contributed by atoms with van der Waals surface area (Å²) in [6.45, 7) is 0. The van der Waals surface area contributed by atoms with Crippen LogP contribution in [-0.2, 0) is 0 Å². The first-order chi connectivity index (χ1) is 8.61. The number of carbonyl (C=O) groups excluding carboxylic acids is 1. The van der Waals surface area contributed by atoms with Crippen LogP contribution in [0, 0.1) is 5.95 Å². The molecule has 0 aliphatic heterocycles. The van der Waals surface area contributed by atoms with Gasteiger partial charge in [0.15, 0.2) is 0 Å². The number of pyridine rings is 1. The number of aromatic nitrogens is 1. The van der Waals surface area contributed by atoms with E-state index in [9.17, 15) is 14.3 Å².